The molecule has 1 fully saturated rings. The second kappa shape index (κ2) is 9.76. The predicted octanol–water partition coefficient (Wildman–Crippen LogP) is 5.43. The molecule has 0 aliphatic carbocycles. The van der Waals surface area contributed by atoms with Gasteiger partial charge in [0.2, 0.25) is 0 Å². The van der Waals surface area contributed by atoms with Crippen LogP contribution in [0, 0.1) is 12.8 Å². The molecule has 3 rings (SSSR count). The van der Waals surface area contributed by atoms with E-state index < -0.39 is 0 Å². The number of nitrogens with zero attached hydrogens (tertiary/aromatic N) is 2. The topological polar surface area (TPSA) is 59.0 Å². The summed E-state index contributed by atoms with van der Waals surface area (Å²) < 4.78 is 5.01. The molecule has 0 saturated carbocycles. The molecule has 1 aliphatic heterocycles. The molecule has 0 bridgehead atoms. The lowest BCUT2D eigenvalue weighted by molar-refractivity contribution is -0.122. The van der Waals surface area contributed by atoms with E-state index in [0.29, 0.717) is 34.7 Å². The molecule has 2 aromatic rings. The summed E-state index contributed by atoms with van der Waals surface area (Å²) in [7, 11) is 0. The average molecular weight is 423 g/mol. The van der Waals surface area contributed by atoms with Crippen LogP contribution < -0.4 is 0 Å². The molecule has 0 aromatic heterocycles. The largest absolute Gasteiger partial charge is 0.462 e. The minimum Gasteiger partial charge on any atom is -0.462 e. The Morgan fingerprint density at radius 3 is 2.40 bits per heavy atom. The van der Waals surface area contributed by atoms with Crippen LogP contribution in [0.4, 0.5) is 5.69 Å². The van der Waals surface area contributed by atoms with E-state index in [4.69, 9.17) is 9.73 Å². The molecule has 1 amide bonds. The zero-order chi connectivity index (χ0) is 21.7. The summed E-state index contributed by atoms with van der Waals surface area (Å²) in [5.74, 6) is -0.0753. The van der Waals surface area contributed by atoms with Crippen LogP contribution in [0.1, 0.15) is 42.3 Å². The Labute approximate surface area is 181 Å². The molecule has 156 valence electrons. The third kappa shape index (κ3) is 5.39. The van der Waals surface area contributed by atoms with Crippen molar-refractivity contribution in [1.82, 2.24) is 4.90 Å². The van der Waals surface area contributed by atoms with Gasteiger partial charge in [0.25, 0.3) is 5.91 Å². The van der Waals surface area contributed by atoms with Gasteiger partial charge in [-0.1, -0.05) is 43.7 Å². The number of esters is 1. The number of carbonyl (C=O) groups excluding carboxylic acids is 2. The Kier molecular flexibility index (Phi) is 7.11. The highest BCUT2D eigenvalue weighted by atomic mass is 32.2. The zero-order valence-corrected chi connectivity index (χ0v) is 18.5. The van der Waals surface area contributed by atoms with Crippen LogP contribution in [0.15, 0.2) is 58.4 Å². The fraction of sp³-hybridized carbons (Fsp3) is 0.292. The average Bonchev–Trinajstić information content (AvgIpc) is 2.99. The normalized spacial score (nSPS) is 16.7. The van der Waals surface area contributed by atoms with Crippen LogP contribution in [-0.4, -0.2) is 35.1 Å². The number of hydrogen-bond donors (Lipinski definition) is 0. The molecule has 1 saturated heterocycles. The zero-order valence-electron chi connectivity index (χ0n) is 17.7. The van der Waals surface area contributed by atoms with Gasteiger partial charge in [0.1, 0.15) is 0 Å². The van der Waals surface area contributed by atoms with Crippen LogP contribution >= 0.6 is 11.8 Å². The van der Waals surface area contributed by atoms with E-state index in [2.05, 4.69) is 13.8 Å². The van der Waals surface area contributed by atoms with E-state index in [0.717, 1.165) is 11.3 Å². The Hall–Kier alpha value is -2.86. The number of hydrogen-bond acceptors (Lipinski definition) is 5. The van der Waals surface area contributed by atoms with E-state index in [-0.39, 0.29) is 11.9 Å². The summed E-state index contributed by atoms with van der Waals surface area (Å²) in [5, 5.41) is 0.687. The number of ether oxygens (including phenoxy) is 1. The lowest BCUT2D eigenvalue weighted by atomic mass is 10.1. The third-order valence-corrected chi connectivity index (χ3v) is 5.42. The fourth-order valence-electron chi connectivity index (χ4n) is 2.93. The summed E-state index contributed by atoms with van der Waals surface area (Å²) >= 11 is 1.38. The van der Waals surface area contributed by atoms with Gasteiger partial charge >= 0.3 is 5.97 Å². The van der Waals surface area contributed by atoms with Gasteiger partial charge in [-0.15, -0.1) is 0 Å². The second-order valence-corrected chi connectivity index (χ2v) is 8.50. The second-order valence-electron chi connectivity index (χ2n) is 7.49. The molecule has 0 N–H and O–H groups in total. The summed E-state index contributed by atoms with van der Waals surface area (Å²) in [6.45, 7) is 8.91. The maximum Gasteiger partial charge on any atom is 0.338 e. The van der Waals surface area contributed by atoms with Gasteiger partial charge in [0, 0.05) is 6.54 Å². The van der Waals surface area contributed by atoms with E-state index in [1.165, 1.54) is 17.3 Å². The van der Waals surface area contributed by atoms with Gasteiger partial charge in [0.05, 0.1) is 22.8 Å². The summed E-state index contributed by atoms with van der Waals surface area (Å²) in [6.07, 6.45) is 1.84. The van der Waals surface area contributed by atoms with E-state index in [9.17, 15) is 9.59 Å². The molecule has 0 radical (unpaired) electrons. The van der Waals surface area contributed by atoms with Gasteiger partial charge in [-0.2, -0.15) is 0 Å². The third-order valence-electron chi connectivity index (χ3n) is 4.41. The van der Waals surface area contributed by atoms with Gasteiger partial charge < -0.3 is 4.74 Å². The summed E-state index contributed by atoms with van der Waals surface area (Å²) in [4.78, 5) is 31.9. The molecule has 2 aromatic carbocycles. The van der Waals surface area contributed by atoms with Crippen LogP contribution in [0.2, 0.25) is 0 Å². The van der Waals surface area contributed by atoms with Crippen LogP contribution in [0.3, 0.4) is 0 Å². The lowest BCUT2D eigenvalue weighted by Crippen LogP contribution is -2.32. The van der Waals surface area contributed by atoms with Crippen molar-refractivity contribution in [3.8, 4) is 0 Å². The molecule has 0 spiro atoms. The molecule has 5 nitrogen and oxygen atoms in total. The highest BCUT2D eigenvalue weighted by molar-refractivity contribution is 8.18. The van der Waals surface area contributed by atoms with Gasteiger partial charge in [0.15, 0.2) is 5.17 Å². The quantitative estimate of drug-likeness (QED) is 0.460. The van der Waals surface area contributed by atoms with Gasteiger partial charge in [-0.25, -0.2) is 9.79 Å². The first-order valence-corrected chi connectivity index (χ1v) is 10.8. The van der Waals surface area contributed by atoms with E-state index in [1.807, 2.05) is 49.4 Å². The molecule has 0 unspecified atom stereocenters. The number of amidine groups is 1. The van der Waals surface area contributed by atoms with Crippen molar-refractivity contribution in [2.45, 2.75) is 27.7 Å². The first-order chi connectivity index (χ1) is 14.4. The fourth-order valence-corrected chi connectivity index (χ4v) is 3.94. The molecule has 0 atom stereocenters. The first kappa shape index (κ1) is 21.8. The summed E-state index contributed by atoms with van der Waals surface area (Å²) in [6, 6.07) is 15.0. The van der Waals surface area contributed by atoms with Crippen molar-refractivity contribution < 1.29 is 14.3 Å². The van der Waals surface area contributed by atoms with Gasteiger partial charge in [-0.05, 0) is 67.4 Å². The van der Waals surface area contributed by atoms with Crippen LogP contribution in [-0.2, 0) is 9.53 Å². The number of aryl methyl sites for hydroxylation is 1. The molecule has 1 aliphatic rings. The van der Waals surface area contributed by atoms with Crippen molar-refractivity contribution in [2.75, 3.05) is 13.2 Å². The summed E-state index contributed by atoms with van der Waals surface area (Å²) in [5.41, 5.74) is 3.33. The highest BCUT2D eigenvalue weighted by Crippen LogP contribution is 2.34. The van der Waals surface area contributed by atoms with Crippen molar-refractivity contribution in [1.29, 1.82) is 0 Å². The number of thioether (sulfide) groups is 1. The number of carbonyl (C=O) groups is 2. The molecule has 30 heavy (non-hydrogen) atoms. The monoisotopic (exact) mass is 422 g/mol. The SMILES string of the molecule is CCOC(=O)c1ccc(/C=C2/SC(=Nc3ccc(C)cc3)N(CC(C)C)C2=O)cc1. The Balaban J connectivity index is 1.87. The standard InChI is InChI=1S/C24H26N2O3S/c1-5-29-23(28)19-10-8-18(9-11-19)14-21-22(27)26(15-16(2)3)24(30-21)25-20-12-6-17(4)7-13-20/h6-14,16H,5,15H2,1-4H3/b21-14+,25-24?. The number of amides is 1. The predicted molar refractivity (Wildman–Crippen MR) is 123 cm³/mol. The van der Waals surface area contributed by atoms with E-state index in [1.54, 1.807) is 24.0 Å². The number of rotatable bonds is 6. The minimum absolute atomic E-state index is 0.0472. The maximum atomic E-state index is 13.0. The highest BCUT2D eigenvalue weighted by Gasteiger charge is 2.33. The number of benzene rings is 2. The van der Waals surface area contributed by atoms with Crippen LogP contribution in [0.25, 0.3) is 6.08 Å². The Morgan fingerprint density at radius 1 is 1.13 bits per heavy atom. The van der Waals surface area contributed by atoms with Crippen molar-refractivity contribution in [3.63, 3.8) is 0 Å². The van der Waals surface area contributed by atoms with Crippen LogP contribution in [0.5, 0.6) is 0 Å². The Morgan fingerprint density at radius 2 is 1.80 bits per heavy atom. The van der Waals surface area contributed by atoms with Crippen molar-refractivity contribution in [2.24, 2.45) is 10.9 Å². The molecular weight excluding hydrogens is 396 g/mol. The van der Waals surface area contributed by atoms with Crippen molar-refractivity contribution >= 4 is 40.6 Å². The number of aliphatic imine (C=N–C) groups is 1. The van der Waals surface area contributed by atoms with Crippen molar-refractivity contribution in [3.05, 3.63) is 70.1 Å². The lowest BCUT2D eigenvalue weighted by Gasteiger charge is -2.17. The molecule has 6 heteroatoms. The Bertz CT molecular complexity index is 977. The molecule has 1 heterocycles. The smallest absolute Gasteiger partial charge is 0.338 e. The maximum absolute atomic E-state index is 13.0. The van der Waals surface area contributed by atoms with Gasteiger partial charge in [-0.3, -0.25) is 9.69 Å². The molecular formula is C24H26N2O3S. The van der Waals surface area contributed by atoms with E-state index >= 15 is 0 Å². The minimum atomic E-state index is -0.348. The first-order valence-electron chi connectivity index (χ1n) is 10.0.